The molecule has 0 saturated heterocycles. The van der Waals surface area contributed by atoms with Crippen LogP contribution in [0.15, 0.2) is 59.1 Å². The smallest absolute Gasteiger partial charge is 0.167 e. The van der Waals surface area contributed by atoms with E-state index in [1.165, 1.54) is 6.07 Å². The molecule has 160 valence electrons. The number of halogens is 3. The number of aromatic amines is 1. The van der Waals surface area contributed by atoms with Gasteiger partial charge in [0.2, 0.25) is 0 Å². The quantitative estimate of drug-likeness (QED) is 0.309. The highest BCUT2D eigenvalue weighted by Gasteiger charge is 2.17. The molecular weight excluding hydrogens is 485 g/mol. The fraction of sp³-hybridized carbons (Fsp3) is 0.174. The molecule has 0 unspecified atom stereocenters. The third-order valence-corrected chi connectivity index (χ3v) is 5.94. The van der Waals surface area contributed by atoms with Gasteiger partial charge in [-0.25, -0.2) is 9.37 Å². The highest BCUT2D eigenvalue weighted by molar-refractivity contribution is 9.10. The van der Waals surface area contributed by atoms with Gasteiger partial charge in [0, 0.05) is 22.1 Å². The van der Waals surface area contributed by atoms with Gasteiger partial charge >= 0.3 is 0 Å². The summed E-state index contributed by atoms with van der Waals surface area (Å²) in [6.45, 7) is 1.00. The first-order valence-electron chi connectivity index (χ1n) is 9.62. The molecule has 31 heavy (non-hydrogen) atoms. The van der Waals surface area contributed by atoms with Gasteiger partial charge in [-0.1, -0.05) is 45.7 Å². The number of aromatic nitrogens is 2. The third-order valence-electron chi connectivity index (χ3n) is 4.84. The average molecular weight is 505 g/mol. The Morgan fingerprint density at radius 1 is 1.06 bits per heavy atom. The number of methoxy groups -OCH3 is 1. The van der Waals surface area contributed by atoms with Crippen molar-refractivity contribution in [2.75, 3.05) is 7.11 Å². The topological polar surface area (TPSA) is 59.2 Å². The maximum Gasteiger partial charge on any atom is 0.167 e. The van der Waals surface area contributed by atoms with E-state index in [2.05, 4.69) is 31.2 Å². The Bertz CT molecular complexity index is 1160. The Labute approximate surface area is 192 Å². The molecule has 0 bridgehead atoms. The van der Waals surface area contributed by atoms with Crippen LogP contribution in [0.1, 0.15) is 17.0 Å². The molecule has 0 amide bonds. The predicted octanol–water partition coefficient (Wildman–Crippen LogP) is 6.00. The summed E-state index contributed by atoms with van der Waals surface area (Å²) in [4.78, 5) is 7.87. The van der Waals surface area contributed by atoms with Crippen molar-refractivity contribution < 1.29 is 13.9 Å². The number of H-pyrrole nitrogens is 1. The molecule has 3 aromatic carbocycles. The minimum atomic E-state index is -0.411. The standard InChI is InChI=1S/C23H20BrClFN3O2/c1-30-21-10-9-16(24)14(23(21)31-13-15-17(25)5-4-6-18(15)26)11-27-12-22-28-19-7-2-3-8-20(19)29-22/h2-10,27H,11-13H2,1H3,(H,28,29). The highest BCUT2D eigenvalue weighted by Crippen LogP contribution is 2.37. The molecule has 0 spiro atoms. The second-order valence-electron chi connectivity index (χ2n) is 6.85. The number of nitrogens with zero attached hydrogens (tertiary/aromatic N) is 1. The van der Waals surface area contributed by atoms with E-state index in [0.717, 1.165) is 26.9 Å². The minimum Gasteiger partial charge on any atom is -0.493 e. The number of rotatable bonds is 8. The van der Waals surface area contributed by atoms with Crippen molar-refractivity contribution in [1.82, 2.24) is 15.3 Å². The Balaban J connectivity index is 1.52. The van der Waals surface area contributed by atoms with Gasteiger partial charge in [0.15, 0.2) is 11.5 Å². The van der Waals surface area contributed by atoms with Crippen LogP contribution in [0.25, 0.3) is 11.0 Å². The van der Waals surface area contributed by atoms with E-state index >= 15 is 0 Å². The van der Waals surface area contributed by atoms with E-state index in [9.17, 15) is 4.39 Å². The van der Waals surface area contributed by atoms with Crippen LogP contribution in [0, 0.1) is 5.82 Å². The van der Waals surface area contributed by atoms with Crippen LogP contribution in [0.4, 0.5) is 4.39 Å². The van der Waals surface area contributed by atoms with Crippen molar-refractivity contribution in [1.29, 1.82) is 0 Å². The molecule has 8 heteroatoms. The first kappa shape index (κ1) is 21.6. The number of imidazole rings is 1. The second-order valence-corrected chi connectivity index (χ2v) is 8.11. The molecule has 1 heterocycles. The van der Waals surface area contributed by atoms with Crippen LogP contribution >= 0.6 is 27.5 Å². The van der Waals surface area contributed by atoms with Crippen molar-refractivity contribution in [2.45, 2.75) is 19.7 Å². The second kappa shape index (κ2) is 9.68. The van der Waals surface area contributed by atoms with E-state index in [-0.39, 0.29) is 6.61 Å². The third kappa shape index (κ3) is 4.84. The van der Waals surface area contributed by atoms with Crippen LogP contribution in [0.2, 0.25) is 5.02 Å². The number of nitrogens with one attached hydrogen (secondary N) is 2. The normalized spacial score (nSPS) is 11.1. The summed E-state index contributed by atoms with van der Waals surface area (Å²) in [5.74, 6) is 1.50. The zero-order chi connectivity index (χ0) is 21.8. The molecule has 0 saturated carbocycles. The lowest BCUT2D eigenvalue weighted by atomic mass is 10.1. The zero-order valence-corrected chi connectivity index (χ0v) is 19.1. The molecule has 0 radical (unpaired) electrons. The Morgan fingerprint density at radius 2 is 1.90 bits per heavy atom. The number of fused-ring (bicyclic) bond motifs is 1. The fourth-order valence-electron chi connectivity index (χ4n) is 3.28. The van der Waals surface area contributed by atoms with Crippen LogP contribution in [-0.4, -0.2) is 17.1 Å². The SMILES string of the molecule is COc1ccc(Br)c(CNCc2nc3ccccc3[nH]2)c1OCc1c(F)cccc1Cl. The van der Waals surface area contributed by atoms with Crippen LogP contribution in [-0.2, 0) is 19.7 Å². The summed E-state index contributed by atoms with van der Waals surface area (Å²) in [5, 5.41) is 3.69. The van der Waals surface area contributed by atoms with E-state index in [0.29, 0.717) is 35.2 Å². The van der Waals surface area contributed by atoms with E-state index < -0.39 is 5.82 Å². The largest absolute Gasteiger partial charge is 0.493 e. The molecule has 4 rings (SSSR count). The van der Waals surface area contributed by atoms with Gasteiger partial charge < -0.3 is 19.8 Å². The molecule has 0 fully saturated rings. The van der Waals surface area contributed by atoms with Gasteiger partial charge in [0.05, 0.1) is 29.7 Å². The number of benzene rings is 3. The molecule has 0 aliphatic heterocycles. The molecular formula is C23H20BrClFN3O2. The molecule has 1 aromatic heterocycles. The summed E-state index contributed by atoms with van der Waals surface area (Å²) < 4.78 is 26.5. The number of ether oxygens (including phenoxy) is 2. The van der Waals surface area contributed by atoms with Gasteiger partial charge in [0.1, 0.15) is 18.2 Å². The van der Waals surface area contributed by atoms with Gasteiger partial charge in [-0.3, -0.25) is 0 Å². The Kier molecular flexibility index (Phi) is 6.75. The lowest BCUT2D eigenvalue weighted by molar-refractivity contribution is 0.275. The summed E-state index contributed by atoms with van der Waals surface area (Å²) in [6.07, 6.45) is 0. The predicted molar refractivity (Wildman–Crippen MR) is 123 cm³/mol. The molecule has 2 N–H and O–H groups in total. The molecule has 0 aliphatic rings. The van der Waals surface area contributed by atoms with Crippen molar-refractivity contribution in [3.8, 4) is 11.5 Å². The van der Waals surface area contributed by atoms with E-state index in [1.54, 1.807) is 25.3 Å². The lowest BCUT2D eigenvalue weighted by Crippen LogP contribution is -2.15. The van der Waals surface area contributed by atoms with Crippen molar-refractivity contribution in [2.24, 2.45) is 0 Å². The van der Waals surface area contributed by atoms with Gasteiger partial charge in [0.25, 0.3) is 0 Å². The fourth-order valence-corrected chi connectivity index (χ4v) is 3.95. The molecule has 5 nitrogen and oxygen atoms in total. The monoisotopic (exact) mass is 503 g/mol. The Hall–Kier alpha value is -2.61. The maximum absolute atomic E-state index is 14.2. The average Bonchev–Trinajstić information content (AvgIpc) is 3.18. The Morgan fingerprint density at radius 3 is 2.68 bits per heavy atom. The summed E-state index contributed by atoms with van der Waals surface area (Å²) in [6, 6.07) is 16.1. The highest BCUT2D eigenvalue weighted by atomic mass is 79.9. The number of hydrogen-bond donors (Lipinski definition) is 2. The van der Waals surface area contributed by atoms with E-state index in [1.807, 2.05) is 30.3 Å². The molecule has 0 aliphatic carbocycles. The number of hydrogen-bond acceptors (Lipinski definition) is 4. The lowest BCUT2D eigenvalue weighted by Gasteiger charge is -2.17. The summed E-state index contributed by atoms with van der Waals surface area (Å²) >= 11 is 9.72. The van der Waals surface area contributed by atoms with Crippen molar-refractivity contribution in [3.05, 3.63) is 86.9 Å². The van der Waals surface area contributed by atoms with Gasteiger partial charge in [-0.2, -0.15) is 0 Å². The molecule has 0 atom stereocenters. The van der Waals surface area contributed by atoms with Crippen LogP contribution in [0.3, 0.4) is 0 Å². The van der Waals surface area contributed by atoms with E-state index in [4.69, 9.17) is 21.1 Å². The minimum absolute atomic E-state index is 0.0190. The van der Waals surface area contributed by atoms with Gasteiger partial charge in [-0.15, -0.1) is 0 Å². The summed E-state index contributed by atoms with van der Waals surface area (Å²) in [5.41, 5.74) is 3.07. The maximum atomic E-state index is 14.2. The first-order valence-corrected chi connectivity index (χ1v) is 10.8. The van der Waals surface area contributed by atoms with Crippen LogP contribution in [0.5, 0.6) is 11.5 Å². The first-order chi connectivity index (χ1) is 15.1. The summed E-state index contributed by atoms with van der Waals surface area (Å²) in [7, 11) is 1.57. The number of para-hydroxylation sites is 2. The van der Waals surface area contributed by atoms with Crippen LogP contribution < -0.4 is 14.8 Å². The van der Waals surface area contributed by atoms with Crippen molar-refractivity contribution >= 4 is 38.6 Å². The van der Waals surface area contributed by atoms with Crippen molar-refractivity contribution in [3.63, 3.8) is 0 Å². The molecule has 4 aromatic rings. The zero-order valence-electron chi connectivity index (χ0n) is 16.7. The van der Waals surface area contributed by atoms with Gasteiger partial charge in [-0.05, 0) is 36.4 Å².